The third-order valence-corrected chi connectivity index (χ3v) is 7.13. The van der Waals surface area contributed by atoms with Crippen LogP contribution in [0.15, 0.2) is 54.6 Å². The fraction of sp³-hybridized carbons (Fsp3) is 0.393. The summed E-state index contributed by atoms with van der Waals surface area (Å²) < 4.78 is 0. The van der Waals surface area contributed by atoms with Gasteiger partial charge in [-0.3, -0.25) is 0 Å². The lowest BCUT2D eigenvalue weighted by Crippen LogP contribution is -2.33. The van der Waals surface area contributed by atoms with Crippen LogP contribution in [0.25, 0.3) is 0 Å². The molecular formula is C28H34N6S. The van der Waals surface area contributed by atoms with E-state index in [2.05, 4.69) is 82.0 Å². The molecule has 1 aromatic heterocycles. The normalized spacial score (nSPS) is 15.8. The number of anilines is 3. The van der Waals surface area contributed by atoms with Crippen LogP contribution in [0.5, 0.6) is 0 Å². The van der Waals surface area contributed by atoms with Crippen molar-refractivity contribution < 1.29 is 0 Å². The van der Waals surface area contributed by atoms with Crippen molar-refractivity contribution >= 4 is 34.9 Å². The fourth-order valence-corrected chi connectivity index (χ4v) is 4.99. The lowest BCUT2D eigenvalue weighted by Gasteiger charge is -2.31. The first-order valence-corrected chi connectivity index (χ1v) is 13.1. The quantitative estimate of drug-likeness (QED) is 0.480. The maximum absolute atomic E-state index is 5.60. The van der Waals surface area contributed by atoms with Crippen LogP contribution in [-0.4, -0.2) is 34.7 Å². The van der Waals surface area contributed by atoms with E-state index in [0.29, 0.717) is 17.6 Å². The molecule has 0 unspecified atom stereocenters. The van der Waals surface area contributed by atoms with E-state index in [1.807, 2.05) is 0 Å². The van der Waals surface area contributed by atoms with Gasteiger partial charge in [-0.1, -0.05) is 66.9 Å². The molecule has 35 heavy (non-hydrogen) atoms. The monoisotopic (exact) mass is 486 g/mol. The number of aryl methyl sites for hydroxylation is 1. The number of benzene rings is 2. The van der Waals surface area contributed by atoms with Crippen LogP contribution in [-0.2, 0) is 19.5 Å². The number of hydrogen-bond acceptors (Lipinski definition) is 5. The third-order valence-electron chi connectivity index (χ3n) is 6.88. The zero-order valence-electron chi connectivity index (χ0n) is 20.5. The number of rotatable bonds is 5. The Balaban J connectivity index is 1.35. The van der Waals surface area contributed by atoms with Crippen molar-refractivity contribution in [1.29, 1.82) is 0 Å². The van der Waals surface area contributed by atoms with Crippen LogP contribution in [0.2, 0.25) is 0 Å². The maximum atomic E-state index is 5.60. The highest BCUT2D eigenvalue weighted by atomic mass is 32.1. The molecule has 7 heteroatoms. The van der Waals surface area contributed by atoms with Crippen molar-refractivity contribution in [2.75, 3.05) is 34.8 Å². The number of fused-ring (bicyclic) bond motifs is 1. The van der Waals surface area contributed by atoms with Gasteiger partial charge in [-0.05, 0) is 55.1 Å². The molecule has 0 amide bonds. The Bertz CT molecular complexity index is 1150. The highest BCUT2D eigenvalue weighted by Crippen LogP contribution is 2.28. The summed E-state index contributed by atoms with van der Waals surface area (Å²) in [6.45, 7) is 6.64. The molecule has 2 aliphatic rings. The van der Waals surface area contributed by atoms with E-state index in [0.717, 1.165) is 44.2 Å². The van der Waals surface area contributed by atoms with E-state index in [1.165, 1.54) is 47.9 Å². The second-order valence-electron chi connectivity index (χ2n) is 9.54. The molecule has 0 aliphatic carbocycles. The van der Waals surface area contributed by atoms with Gasteiger partial charge in [0.1, 0.15) is 11.6 Å². The van der Waals surface area contributed by atoms with Crippen LogP contribution in [0.3, 0.4) is 0 Å². The van der Waals surface area contributed by atoms with Gasteiger partial charge in [0.15, 0.2) is 5.11 Å². The molecule has 0 bridgehead atoms. The van der Waals surface area contributed by atoms with Gasteiger partial charge < -0.3 is 20.4 Å². The minimum atomic E-state index is 0.536. The molecule has 0 spiro atoms. The van der Waals surface area contributed by atoms with Crippen molar-refractivity contribution in [3.63, 3.8) is 0 Å². The Hall–Kier alpha value is -3.19. The molecule has 1 fully saturated rings. The van der Waals surface area contributed by atoms with Crippen LogP contribution >= 0.6 is 12.2 Å². The summed E-state index contributed by atoms with van der Waals surface area (Å²) in [5, 5.41) is 7.10. The van der Waals surface area contributed by atoms with Gasteiger partial charge in [-0.25, -0.2) is 0 Å². The van der Waals surface area contributed by atoms with Crippen molar-refractivity contribution in [2.24, 2.45) is 0 Å². The van der Waals surface area contributed by atoms with Crippen LogP contribution < -0.4 is 20.4 Å². The summed E-state index contributed by atoms with van der Waals surface area (Å²) in [5.74, 6) is 2.50. The second-order valence-corrected chi connectivity index (χ2v) is 9.95. The number of hydrogen-bond donors (Lipinski definition) is 2. The lowest BCUT2D eigenvalue weighted by atomic mass is 10.00. The minimum Gasteiger partial charge on any atom is -0.358 e. The van der Waals surface area contributed by atoms with E-state index < -0.39 is 0 Å². The van der Waals surface area contributed by atoms with E-state index in [-0.39, 0.29) is 0 Å². The maximum Gasteiger partial charge on any atom is 0.232 e. The summed E-state index contributed by atoms with van der Waals surface area (Å²) in [5.41, 5.74) is 5.25. The Morgan fingerprint density at radius 1 is 0.857 bits per heavy atom. The van der Waals surface area contributed by atoms with Gasteiger partial charge in [0.2, 0.25) is 5.95 Å². The molecule has 6 nitrogen and oxygen atoms in total. The number of nitrogens with one attached hydrogen (secondary N) is 2. The molecule has 3 aromatic rings. The Morgan fingerprint density at radius 2 is 1.54 bits per heavy atom. The molecule has 0 saturated carbocycles. The first-order valence-electron chi connectivity index (χ1n) is 12.7. The first-order chi connectivity index (χ1) is 17.1. The topological polar surface area (TPSA) is 56.3 Å². The molecule has 5 rings (SSSR count). The summed E-state index contributed by atoms with van der Waals surface area (Å²) >= 11 is 5.60. The summed E-state index contributed by atoms with van der Waals surface area (Å²) in [7, 11) is 0. The molecule has 0 radical (unpaired) electrons. The number of aromatic nitrogens is 2. The smallest absolute Gasteiger partial charge is 0.232 e. The Labute approximate surface area is 213 Å². The highest BCUT2D eigenvalue weighted by molar-refractivity contribution is 7.80. The van der Waals surface area contributed by atoms with Crippen LogP contribution in [0.1, 0.15) is 47.9 Å². The minimum absolute atomic E-state index is 0.536. The zero-order valence-corrected chi connectivity index (χ0v) is 21.3. The average molecular weight is 487 g/mol. The van der Waals surface area contributed by atoms with Gasteiger partial charge in [-0.15, -0.1) is 0 Å². The van der Waals surface area contributed by atoms with E-state index in [9.17, 15) is 0 Å². The van der Waals surface area contributed by atoms with Gasteiger partial charge in [0.25, 0.3) is 0 Å². The van der Waals surface area contributed by atoms with Crippen molar-refractivity contribution in [3.05, 3.63) is 76.9 Å². The summed E-state index contributed by atoms with van der Waals surface area (Å²) in [6.07, 6.45) is 6.01. The average Bonchev–Trinajstić information content (AvgIpc) is 3.18. The van der Waals surface area contributed by atoms with Crippen molar-refractivity contribution in [1.82, 2.24) is 15.3 Å². The third kappa shape index (κ3) is 6.09. The predicted molar refractivity (Wildman–Crippen MR) is 148 cm³/mol. The molecule has 2 N–H and O–H groups in total. The van der Waals surface area contributed by atoms with E-state index in [4.69, 9.17) is 22.2 Å². The predicted octanol–water partition coefficient (Wildman–Crippen LogP) is 5.21. The highest BCUT2D eigenvalue weighted by Gasteiger charge is 2.21. The standard InChI is InChI=1S/C28H34N6S/c1-21-10-12-22(13-11-21)19-29-28(35)32-27-30-25(33-15-6-2-3-7-16-33)18-26(31-27)34-17-14-23-8-4-5-9-24(23)20-34/h4-5,8-13,18H,2-3,6-7,14-17,19-20H2,1H3,(H2,29,30,31,32,35). The summed E-state index contributed by atoms with van der Waals surface area (Å²) in [6, 6.07) is 19.3. The molecule has 0 atom stereocenters. The second kappa shape index (κ2) is 11.0. The van der Waals surface area contributed by atoms with Gasteiger partial charge in [0.05, 0.1) is 0 Å². The largest absolute Gasteiger partial charge is 0.358 e. The molecular weight excluding hydrogens is 452 g/mol. The molecule has 182 valence electrons. The van der Waals surface area contributed by atoms with Crippen LogP contribution in [0.4, 0.5) is 17.6 Å². The number of thiocarbonyl (C=S) groups is 1. The Morgan fingerprint density at radius 3 is 2.29 bits per heavy atom. The lowest BCUT2D eigenvalue weighted by molar-refractivity contribution is 0.717. The van der Waals surface area contributed by atoms with Gasteiger partial charge in [-0.2, -0.15) is 9.97 Å². The Kier molecular flexibility index (Phi) is 7.42. The van der Waals surface area contributed by atoms with Gasteiger partial charge in [0, 0.05) is 38.8 Å². The van der Waals surface area contributed by atoms with Gasteiger partial charge >= 0.3 is 0 Å². The fourth-order valence-electron chi connectivity index (χ4n) is 4.83. The van der Waals surface area contributed by atoms with Crippen molar-refractivity contribution in [2.45, 2.75) is 52.1 Å². The van der Waals surface area contributed by atoms with Crippen LogP contribution in [0, 0.1) is 6.92 Å². The SMILES string of the molecule is Cc1ccc(CNC(=S)Nc2nc(N3CCCCCC3)cc(N3CCc4ccccc4C3)n2)cc1. The zero-order chi connectivity index (χ0) is 24.0. The number of nitrogens with zero attached hydrogens (tertiary/aromatic N) is 4. The first kappa shape index (κ1) is 23.5. The molecule has 1 saturated heterocycles. The van der Waals surface area contributed by atoms with Crippen molar-refractivity contribution in [3.8, 4) is 0 Å². The molecule has 2 aliphatic heterocycles. The molecule has 2 aromatic carbocycles. The summed E-state index contributed by atoms with van der Waals surface area (Å²) in [4.78, 5) is 14.6. The molecule has 3 heterocycles. The van der Waals surface area contributed by atoms with E-state index >= 15 is 0 Å². The van der Waals surface area contributed by atoms with E-state index in [1.54, 1.807) is 0 Å².